The molecule has 0 bridgehead atoms. The van der Waals surface area contributed by atoms with Gasteiger partial charge in [-0.2, -0.15) is 5.26 Å². The van der Waals surface area contributed by atoms with Crippen molar-refractivity contribution in [1.29, 1.82) is 5.26 Å². The molecule has 7 nitrogen and oxygen atoms in total. The summed E-state index contributed by atoms with van der Waals surface area (Å²) in [6.45, 7) is 1.45. The van der Waals surface area contributed by atoms with Gasteiger partial charge >= 0.3 is 5.97 Å². The van der Waals surface area contributed by atoms with Crippen LogP contribution in [0.1, 0.15) is 18.1 Å². The van der Waals surface area contributed by atoms with E-state index in [1.807, 2.05) is 6.07 Å². The number of rotatable bonds is 7. The highest BCUT2D eigenvalue weighted by atomic mass is 16.5. The fourth-order valence-corrected chi connectivity index (χ4v) is 2.32. The van der Waals surface area contributed by atoms with Crippen LogP contribution in [0, 0.1) is 11.3 Å². The van der Waals surface area contributed by atoms with Crippen LogP contribution in [0.5, 0.6) is 11.5 Å². The molecule has 0 spiro atoms. The predicted octanol–water partition coefficient (Wildman–Crippen LogP) is 3.16. The summed E-state index contributed by atoms with van der Waals surface area (Å²) >= 11 is 0. The minimum Gasteiger partial charge on any atom is -0.497 e. The number of carbonyl (C=O) groups excluding carboxylic acids is 2. The summed E-state index contributed by atoms with van der Waals surface area (Å²) in [4.78, 5) is 24.3. The number of nitrogens with one attached hydrogen (secondary N) is 1. The molecule has 1 atom stereocenters. The molecule has 144 valence electrons. The van der Waals surface area contributed by atoms with Crippen LogP contribution in [0.15, 0.2) is 48.5 Å². The highest BCUT2D eigenvalue weighted by Crippen LogP contribution is 2.25. The first kappa shape index (κ1) is 20.5. The number of nitriles is 1. The molecule has 0 aliphatic heterocycles. The van der Waals surface area contributed by atoms with E-state index in [0.717, 1.165) is 0 Å². The molecule has 2 aromatic rings. The molecule has 2 aromatic carbocycles. The molecular weight excluding hydrogens is 360 g/mol. The third-order valence-electron chi connectivity index (χ3n) is 3.80. The summed E-state index contributed by atoms with van der Waals surface area (Å²) < 4.78 is 15.5. The Hall–Kier alpha value is -3.79. The van der Waals surface area contributed by atoms with E-state index in [-0.39, 0.29) is 0 Å². The number of ether oxygens (including phenoxy) is 3. The Morgan fingerprint density at radius 1 is 1.14 bits per heavy atom. The van der Waals surface area contributed by atoms with E-state index in [1.54, 1.807) is 42.5 Å². The van der Waals surface area contributed by atoms with Gasteiger partial charge in [0.15, 0.2) is 6.10 Å². The van der Waals surface area contributed by atoms with Gasteiger partial charge in [-0.1, -0.05) is 12.1 Å². The van der Waals surface area contributed by atoms with Gasteiger partial charge in [-0.05, 0) is 43.3 Å². The largest absolute Gasteiger partial charge is 0.497 e. The molecule has 1 N–H and O–H groups in total. The second kappa shape index (κ2) is 9.78. The van der Waals surface area contributed by atoms with Gasteiger partial charge in [0.1, 0.15) is 17.6 Å². The number of nitrogens with zero attached hydrogens (tertiary/aromatic N) is 1. The maximum absolute atomic E-state index is 12.2. The Kier molecular flexibility index (Phi) is 7.17. The van der Waals surface area contributed by atoms with Crippen molar-refractivity contribution in [3.63, 3.8) is 0 Å². The molecular formula is C21H20N2O5. The highest BCUT2D eigenvalue weighted by Gasteiger charge is 2.18. The average molecular weight is 380 g/mol. The van der Waals surface area contributed by atoms with E-state index in [9.17, 15) is 9.59 Å². The maximum Gasteiger partial charge on any atom is 0.331 e. The van der Waals surface area contributed by atoms with E-state index < -0.39 is 18.0 Å². The molecule has 2 rings (SSSR count). The van der Waals surface area contributed by atoms with Crippen LogP contribution < -0.4 is 14.8 Å². The Morgan fingerprint density at radius 2 is 1.89 bits per heavy atom. The van der Waals surface area contributed by atoms with Crippen LogP contribution in [-0.2, 0) is 14.3 Å². The number of methoxy groups -OCH3 is 2. The van der Waals surface area contributed by atoms with Gasteiger partial charge in [0.25, 0.3) is 5.91 Å². The van der Waals surface area contributed by atoms with Gasteiger partial charge in [0, 0.05) is 11.6 Å². The van der Waals surface area contributed by atoms with Crippen molar-refractivity contribution in [1.82, 2.24) is 0 Å². The van der Waals surface area contributed by atoms with E-state index in [2.05, 4.69) is 5.32 Å². The molecule has 1 amide bonds. The summed E-state index contributed by atoms with van der Waals surface area (Å²) in [5.41, 5.74) is 1.30. The quantitative estimate of drug-likeness (QED) is 0.585. The Bertz CT molecular complexity index is 931. The Morgan fingerprint density at radius 3 is 2.57 bits per heavy atom. The monoisotopic (exact) mass is 380 g/mol. The van der Waals surface area contributed by atoms with Crippen molar-refractivity contribution in [2.24, 2.45) is 0 Å². The Balaban J connectivity index is 2.01. The molecule has 0 radical (unpaired) electrons. The molecule has 0 fully saturated rings. The second-order valence-electron chi connectivity index (χ2n) is 5.67. The molecule has 0 saturated carbocycles. The zero-order valence-electron chi connectivity index (χ0n) is 15.8. The van der Waals surface area contributed by atoms with Gasteiger partial charge in [-0.25, -0.2) is 4.79 Å². The zero-order valence-corrected chi connectivity index (χ0v) is 15.8. The van der Waals surface area contributed by atoms with Crippen LogP contribution in [0.2, 0.25) is 0 Å². The van der Waals surface area contributed by atoms with Gasteiger partial charge in [0.2, 0.25) is 0 Å². The first-order valence-electron chi connectivity index (χ1n) is 8.39. The first-order chi connectivity index (χ1) is 13.5. The van der Waals surface area contributed by atoms with Crippen LogP contribution in [0.4, 0.5) is 5.69 Å². The van der Waals surface area contributed by atoms with E-state index in [0.29, 0.717) is 28.3 Å². The molecule has 0 heterocycles. The second-order valence-corrected chi connectivity index (χ2v) is 5.67. The lowest BCUT2D eigenvalue weighted by molar-refractivity contribution is -0.148. The fourth-order valence-electron chi connectivity index (χ4n) is 2.32. The highest BCUT2D eigenvalue weighted by molar-refractivity contribution is 5.97. The molecule has 0 saturated heterocycles. The number of hydrogen-bond donors (Lipinski definition) is 1. The van der Waals surface area contributed by atoms with Crippen molar-refractivity contribution in [3.05, 3.63) is 59.7 Å². The number of amides is 1. The van der Waals surface area contributed by atoms with Crippen LogP contribution >= 0.6 is 0 Å². The SMILES string of the molecule is COc1ccc(OC)c(/C=C/C(=O)O[C@@H](C)C(=O)Nc2ccccc2C#N)c1. The summed E-state index contributed by atoms with van der Waals surface area (Å²) in [5.74, 6) is -0.0639. The number of benzene rings is 2. The Labute approximate surface area is 163 Å². The molecule has 7 heteroatoms. The van der Waals surface area contributed by atoms with Crippen molar-refractivity contribution in [3.8, 4) is 17.6 Å². The van der Waals surface area contributed by atoms with Crippen molar-refractivity contribution < 1.29 is 23.8 Å². The summed E-state index contributed by atoms with van der Waals surface area (Å²) in [5, 5.41) is 11.6. The number of hydrogen-bond acceptors (Lipinski definition) is 6. The molecule has 0 aromatic heterocycles. The minimum absolute atomic E-state index is 0.319. The maximum atomic E-state index is 12.2. The predicted molar refractivity (Wildman–Crippen MR) is 104 cm³/mol. The summed E-state index contributed by atoms with van der Waals surface area (Å²) in [6, 6.07) is 13.7. The van der Waals surface area contributed by atoms with E-state index in [1.165, 1.54) is 33.3 Å². The third kappa shape index (κ3) is 5.35. The lowest BCUT2D eigenvalue weighted by atomic mass is 10.1. The van der Waals surface area contributed by atoms with Crippen LogP contribution in [0.3, 0.4) is 0 Å². The van der Waals surface area contributed by atoms with Crippen LogP contribution in [0.25, 0.3) is 6.08 Å². The van der Waals surface area contributed by atoms with Gasteiger partial charge in [-0.15, -0.1) is 0 Å². The summed E-state index contributed by atoms with van der Waals surface area (Å²) in [7, 11) is 3.05. The lowest BCUT2D eigenvalue weighted by Gasteiger charge is -2.13. The number of para-hydroxylation sites is 1. The molecule has 28 heavy (non-hydrogen) atoms. The van der Waals surface area contributed by atoms with Crippen molar-refractivity contribution >= 4 is 23.6 Å². The topological polar surface area (TPSA) is 97.7 Å². The smallest absolute Gasteiger partial charge is 0.331 e. The number of carbonyl (C=O) groups is 2. The van der Waals surface area contributed by atoms with E-state index >= 15 is 0 Å². The first-order valence-corrected chi connectivity index (χ1v) is 8.39. The third-order valence-corrected chi connectivity index (χ3v) is 3.80. The molecule has 0 aliphatic rings. The van der Waals surface area contributed by atoms with Gasteiger partial charge < -0.3 is 19.5 Å². The lowest BCUT2D eigenvalue weighted by Crippen LogP contribution is -2.29. The van der Waals surface area contributed by atoms with E-state index in [4.69, 9.17) is 19.5 Å². The molecule has 0 aliphatic carbocycles. The summed E-state index contributed by atoms with van der Waals surface area (Å²) in [6.07, 6.45) is 1.67. The molecule has 0 unspecified atom stereocenters. The number of esters is 1. The average Bonchev–Trinajstić information content (AvgIpc) is 2.72. The van der Waals surface area contributed by atoms with Gasteiger partial charge in [0.05, 0.1) is 25.5 Å². The normalized spacial score (nSPS) is 11.4. The standard InChI is InChI=1S/C21H20N2O5/c1-14(21(25)23-18-7-5-4-6-16(18)13-22)28-20(24)11-8-15-12-17(26-2)9-10-19(15)27-3/h4-12,14H,1-3H3,(H,23,25)/b11-8+/t14-/m0/s1. The van der Waals surface area contributed by atoms with Crippen molar-refractivity contribution in [2.75, 3.05) is 19.5 Å². The van der Waals surface area contributed by atoms with Gasteiger partial charge in [-0.3, -0.25) is 4.79 Å². The number of anilines is 1. The zero-order chi connectivity index (χ0) is 20.5. The minimum atomic E-state index is -1.05. The van der Waals surface area contributed by atoms with Crippen molar-refractivity contribution in [2.45, 2.75) is 13.0 Å². The fraction of sp³-hybridized carbons (Fsp3) is 0.190. The van der Waals surface area contributed by atoms with Crippen LogP contribution in [-0.4, -0.2) is 32.2 Å².